The first kappa shape index (κ1) is 14.5. The lowest BCUT2D eigenvalue weighted by atomic mass is 10.2. The summed E-state index contributed by atoms with van der Waals surface area (Å²) in [6.07, 6.45) is 0. The molecule has 0 aliphatic heterocycles. The molecule has 18 heavy (non-hydrogen) atoms. The van der Waals surface area contributed by atoms with Gasteiger partial charge in [0.2, 0.25) is 5.91 Å². The Morgan fingerprint density at radius 3 is 2.28 bits per heavy atom. The van der Waals surface area contributed by atoms with Crippen LogP contribution in [0.15, 0.2) is 12.1 Å². The van der Waals surface area contributed by atoms with Gasteiger partial charge in [-0.15, -0.1) is 0 Å². The summed E-state index contributed by atoms with van der Waals surface area (Å²) in [6.45, 7) is 1.47. The van der Waals surface area contributed by atoms with Crippen molar-refractivity contribution in [2.75, 3.05) is 5.32 Å². The van der Waals surface area contributed by atoms with E-state index in [9.17, 15) is 14.0 Å². The van der Waals surface area contributed by atoms with E-state index in [4.69, 9.17) is 28.9 Å². The minimum Gasteiger partial charge on any atom is -0.371 e. The molecule has 1 unspecified atom stereocenters. The molecule has 1 rings (SSSR count). The smallest absolute Gasteiger partial charge is 0.318 e. The van der Waals surface area contributed by atoms with E-state index in [1.807, 2.05) is 5.32 Å². The Labute approximate surface area is 112 Å². The van der Waals surface area contributed by atoms with Crippen LogP contribution in [0.5, 0.6) is 0 Å². The topological polar surface area (TPSA) is 84.2 Å². The zero-order valence-electron chi connectivity index (χ0n) is 9.26. The van der Waals surface area contributed by atoms with E-state index in [2.05, 4.69) is 5.32 Å². The molecule has 0 radical (unpaired) electrons. The van der Waals surface area contributed by atoms with Gasteiger partial charge >= 0.3 is 6.03 Å². The fourth-order valence-electron chi connectivity index (χ4n) is 1.19. The summed E-state index contributed by atoms with van der Waals surface area (Å²) in [4.78, 5) is 21.9. The van der Waals surface area contributed by atoms with Crippen LogP contribution >= 0.6 is 23.2 Å². The molecule has 1 atom stereocenters. The highest BCUT2D eigenvalue weighted by Gasteiger charge is 2.17. The number of urea groups is 1. The zero-order valence-corrected chi connectivity index (χ0v) is 10.8. The van der Waals surface area contributed by atoms with Gasteiger partial charge in [0, 0.05) is 0 Å². The molecule has 0 saturated heterocycles. The number of halogens is 3. The van der Waals surface area contributed by atoms with E-state index in [0.717, 1.165) is 12.1 Å². The van der Waals surface area contributed by atoms with Crippen LogP contribution < -0.4 is 16.4 Å². The number of primary amides is 1. The van der Waals surface area contributed by atoms with Crippen LogP contribution in [0.25, 0.3) is 0 Å². The van der Waals surface area contributed by atoms with Crippen molar-refractivity contribution in [3.05, 3.63) is 28.0 Å². The summed E-state index contributed by atoms with van der Waals surface area (Å²) in [7, 11) is 0. The van der Waals surface area contributed by atoms with Crippen molar-refractivity contribution in [3.63, 3.8) is 0 Å². The highest BCUT2D eigenvalue weighted by molar-refractivity contribution is 6.39. The summed E-state index contributed by atoms with van der Waals surface area (Å²) in [5, 5.41) is 4.60. The average molecular weight is 294 g/mol. The molecule has 1 aromatic carbocycles. The van der Waals surface area contributed by atoms with Crippen molar-refractivity contribution >= 4 is 40.8 Å². The molecule has 4 N–H and O–H groups in total. The maximum atomic E-state index is 12.9. The predicted molar refractivity (Wildman–Crippen MR) is 67.2 cm³/mol. The Bertz CT molecular complexity index is 473. The number of amides is 3. The summed E-state index contributed by atoms with van der Waals surface area (Å²) >= 11 is 11.6. The average Bonchev–Trinajstić information content (AvgIpc) is 2.21. The quantitative estimate of drug-likeness (QED) is 0.798. The minimum absolute atomic E-state index is 0.0266. The number of carbonyl (C=O) groups is 2. The third kappa shape index (κ3) is 3.75. The molecule has 0 heterocycles. The lowest BCUT2D eigenvalue weighted by molar-refractivity contribution is -0.120. The van der Waals surface area contributed by atoms with Crippen molar-refractivity contribution in [1.29, 1.82) is 0 Å². The monoisotopic (exact) mass is 293 g/mol. The third-order valence-electron chi connectivity index (χ3n) is 2.01. The van der Waals surface area contributed by atoms with Crippen molar-refractivity contribution in [2.45, 2.75) is 13.0 Å². The standard InChI is InChI=1S/C10H10Cl2FN3O2/c1-4(9(17)16-10(14)18)15-8-6(11)2-5(13)3-7(8)12/h2-4,15H,1H3,(H3,14,16,17,18). The number of nitrogens with one attached hydrogen (secondary N) is 2. The normalized spacial score (nSPS) is 11.8. The lowest BCUT2D eigenvalue weighted by Gasteiger charge is -2.16. The van der Waals surface area contributed by atoms with Gasteiger partial charge in [-0.1, -0.05) is 23.2 Å². The second-order valence-electron chi connectivity index (χ2n) is 3.46. The van der Waals surface area contributed by atoms with Crippen LogP contribution in [0.1, 0.15) is 6.92 Å². The molecule has 0 bridgehead atoms. The van der Waals surface area contributed by atoms with Crippen molar-refractivity contribution in [2.24, 2.45) is 5.73 Å². The second kappa shape index (κ2) is 5.88. The molecule has 0 aliphatic carbocycles. The fraction of sp³-hybridized carbons (Fsp3) is 0.200. The molecule has 0 aromatic heterocycles. The number of carbonyl (C=O) groups excluding carboxylic acids is 2. The first-order valence-corrected chi connectivity index (χ1v) is 5.58. The first-order valence-electron chi connectivity index (χ1n) is 4.82. The minimum atomic E-state index is -0.968. The molecule has 1 aromatic rings. The predicted octanol–water partition coefficient (Wildman–Crippen LogP) is 2.13. The molecule has 3 amide bonds. The summed E-state index contributed by atoms with van der Waals surface area (Å²) in [5.41, 5.74) is 5.00. The van der Waals surface area contributed by atoms with Gasteiger partial charge in [-0.2, -0.15) is 0 Å². The molecule has 5 nitrogen and oxygen atoms in total. The molecular formula is C10H10Cl2FN3O2. The Hall–Kier alpha value is -1.53. The molecule has 0 aliphatic rings. The summed E-state index contributed by atoms with van der Waals surface area (Å²) < 4.78 is 12.9. The Morgan fingerprint density at radius 1 is 1.33 bits per heavy atom. The van der Waals surface area contributed by atoms with E-state index in [1.54, 1.807) is 0 Å². The van der Waals surface area contributed by atoms with Gasteiger partial charge < -0.3 is 11.1 Å². The molecule has 98 valence electrons. The van der Waals surface area contributed by atoms with Gasteiger partial charge in [-0.25, -0.2) is 9.18 Å². The largest absolute Gasteiger partial charge is 0.371 e. The van der Waals surface area contributed by atoms with Crippen LogP contribution in [-0.4, -0.2) is 18.0 Å². The number of hydrogen-bond donors (Lipinski definition) is 3. The van der Waals surface area contributed by atoms with Crippen LogP contribution in [0, 0.1) is 5.82 Å². The van der Waals surface area contributed by atoms with Gasteiger partial charge in [-0.3, -0.25) is 10.1 Å². The first-order chi connectivity index (χ1) is 8.31. The number of benzene rings is 1. The second-order valence-corrected chi connectivity index (χ2v) is 4.28. The fourth-order valence-corrected chi connectivity index (χ4v) is 1.76. The van der Waals surface area contributed by atoms with Crippen molar-refractivity contribution < 1.29 is 14.0 Å². The number of rotatable bonds is 3. The van der Waals surface area contributed by atoms with Crippen LogP contribution in [0.2, 0.25) is 10.0 Å². The van der Waals surface area contributed by atoms with E-state index in [-0.39, 0.29) is 15.7 Å². The molecule has 0 fully saturated rings. The maximum absolute atomic E-state index is 12.9. The Balaban J connectivity index is 2.85. The number of anilines is 1. The van der Waals surface area contributed by atoms with Crippen molar-refractivity contribution in [1.82, 2.24) is 5.32 Å². The Kier molecular flexibility index (Phi) is 4.75. The number of nitrogens with two attached hydrogens (primary N) is 1. The Morgan fingerprint density at radius 2 is 1.83 bits per heavy atom. The van der Waals surface area contributed by atoms with E-state index in [0.29, 0.717) is 0 Å². The van der Waals surface area contributed by atoms with Gasteiger partial charge in [0.1, 0.15) is 11.9 Å². The van der Waals surface area contributed by atoms with Crippen molar-refractivity contribution in [3.8, 4) is 0 Å². The van der Waals surface area contributed by atoms with E-state index >= 15 is 0 Å². The highest BCUT2D eigenvalue weighted by Crippen LogP contribution is 2.31. The molecule has 0 saturated carbocycles. The number of hydrogen-bond acceptors (Lipinski definition) is 3. The zero-order chi connectivity index (χ0) is 13.9. The van der Waals surface area contributed by atoms with Gasteiger partial charge in [-0.05, 0) is 19.1 Å². The molecular weight excluding hydrogens is 284 g/mol. The third-order valence-corrected chi connectivity index (χ3v) is 2.60. The molecule has 0 spiro atoms. The van der Waals surface area contributed by atoms with Gasteiger partial charge in [0.15, 0.2) is 0 Å². The highest BCUT2D eigenvalue weighted by atomic mass is 35.5. The van der Waals surface area contributed by atoms with E-state index < -0.39 is 23.8 Å². The summed E-state index contributed by atoms with van der Waals surface area (Å²) in [5.74, 6) is -1.25. The number of imide groups is 1. The van der Waals surface area contributed by atoms with Gasteiger partial charge in [0.25, 0.3) is 0 Å². The molecule has 8 heteroatoms. The van der Waals surface area contributed by atoms with Crippen LogP contribution in [-0.2, 0) is 4.79 Å². The van der Waals surface area contributed by atoms with Gasteiger partial charge in [0.05, 0.1) is 15.7 Å². The van der Waals surface area contributed by atoms with Crippen LogP contribution in [0.4, 0.5) is 14.9 Å². The lowest BCUT2D eigenvalue weighted by Crippen LogP contribution is -2.43. The van der Waals surface area contributed by atoms with E-state index in [1.165, 1.54) is 6.92 Å². The summed E-state index contributed by atoms with van der Waals surface area (Å²) in [6, 6.07) is 0.311. The van der Waals surface area contributed by atoms with Crippen LogP contribution in [0.3, 0.4) is 0 Å². The SMILES string of the molecule is CC(Nc1c(Cl)cc(F)cc1Cl)C(=O)NC(N)=O. The maximum Gasteiger partial charge on any atom is 0.318 e.